The van der Waals surface area contributed by atoms with Crippen LogP contribution in [0.4, 0.5) is 0 Å². The number of rotatable bonds is 6. The monoisotopic (exact) mass is 315 g/mol. The number of hydrogen-bond donors (Lipinski definition) is 2. The molecule has 1 fully saturated rings. The van der Waals surface area contributed by atoms with Gasteiger partial charge in [-0.1, -0.05) is 29.3 Å². The number of aliphatic hydroxyl groups excluding tert-OH is 1. The molecule has 0 radical (unpaired) electrons. The van der Waals surface area contributed by atoms with Crippen LogP contribution in [0.1, 0.15) is 37.7 Å². The first-order chi connectivity index (χ1) is 9.52. The Morgan fingerprint density at radius 2 is 2.25 bits per heavy atom. The van der Waals surface area contributed by atoms with Crippen LogP contribution in [-0.2, 0) is 4.79 Å². The van der Waals surface area contributed by atoms with E-state index in [0.29, 0.717) is 16.5 Å². The summed E-state index contributed by atoms with van der Waals surface area (Å²) >= 11 is 12.0. The van der Waals surface area contributed by atoms with Gasteiger partial charge in [-0.25, -0.2) is 0 Å². The maximum absolute atomic E-state index is 12.1. The second-order valence-electron chi connectivity index (χ2n) is 5.39. The molecule has 3 unspecified atom stereocenters. The van der Waals surface area contributed by atoms with Gasteiger partial charge in [0.15, 0.2) is 0 Å². The van der Waals surface area contributed by atoms with Crippen molar-refractivity contribution in [2.24, 2.45) is 5.92 Å². The van der Waals surface area contributed by atoms with E-state index < -0.39 is 0 Å². The Morgan fingerprint density at radius 1 is 1.50 bits per heavy atom. The van der Waals surface area contributed by atoms with Crippen molar-refractivity contribution in [2.45, 2.75) is 38.1 Å². The molecule has 5 heteroatoms. The predicted octanol–water partition coefficient (Wildman–Crippen LogP) is 3.37. The summed E-state index contributed by atoms with van der Waals surface area (Å²) in [5.74, 6) is 0.279. The first-order valence-electron chi connectivity index (χ1n) is 6.89. The van der Waals surface area contributed by atoms with Gasteiger partial charge in [-0.15, -0.1) is 0 Å². The van der Waals surface area contributed by atoms with Gasteiger partial charge in [-0.2, -0.15) is 0 Å². The summed E-state index contributed by atoms with van der Waals surface area (Å²) in [5, 5.41) is 13.0. The highest BCUT2D eigenvalue weighted by Gasteiger charge is 2.45. The van der Waals surface area contributed by atoms with Gasteiger partial charge in [0.05, 0.1) is 0 Å². The van der Waals surface area contributed by atoms with Crippen LogP contribution in [0.2, 0.25) is 10.0 Å². The molecule has 0 aromatic heterocycles. The number of hydrogen-bond acceptors (Lipinski definition) is 2. The molecule has 0 saturated heterocycles. The van der Waals surface area contributed by atoms with Crippen molar-refractivity contribution in [3.8, 4) is 0 Å². The molecule has 1 saturated carbocycles. The van der Waals surface area contributed by atoms with Crippen molar-refractivity contribution in [1.29, 1.82) is 0 Å². The van der Waals surface area contributed by atoms with E-state index in [0.717, 1.165) is 18.4 Å². The molecule has 1 aromatic rings. The third kappa shape index (κ3) is 3.87. The van der Waals surface area contributed by atoms with E-state index in [1.54, 1.807) is 12.1 Å². The van der Waals surface area contributed by atoms with Crippen LogP contribution in [0.5, 0.6) is 0 Å². The van der Waals surface area contributed by atoms with E-state index in [1.165, 1.54) is 0 Å². The highest BCUT2D eigenvalue weighted by atomic mass is 35.5. The number of carbonyl (C=O) groups excluding carboxylic acids is 1. The van der Waals surface area contributed by atoms with Gasteiger partial charge in [0, 0.05) is 28.6 Å². The molecule has 20 heavy (non-hydrogen) atoms. The third-order valence-corrected chi connectivity index (χ3v) is 4.24. The second kappa shape index (κ2) is 6.79. The molecule has 3 nitrogen and oxygen atoms in total. The van der Waals surface area contributed by atoms with Crippen molar-refractivity contribution >= 4 is 29.1 Å². The molecule has 3 atom stereocenters. The minimum absolute atomic E-state index is 0.00486. The normalized spacial score (nSPS) is 22.4. The maximum atomic E-state index is 12.1. The van der Waals surface area contributed by atoms with Gasteiger partial charge in [-0.3, -0.25) is 4.79 Å². The summed E-state index contributed by atoms with van der Waals surface area (Å²) in [5.41, 5.74) is 0.999. The molecule has 0 spiro atoms. The number of amides is 1. The highest BCUT2D eigenvalue weighted by Crippen LogP contribution is 2.50. The molecule has 1 aliphatic rings. The third-order valence-electron chi connectivity index (χ3n) is 3.67. The summed E-state index contributed by atoms with van der Waals surface area (Å²) in [6.07, 6.45) is 2.33. The topological polar surface area (TPSA) is 49.3 Å². The van der Waals surface area contributed by atoms with Crippen LogP contribution >= 0.6 is 23.2 Å². The summed E-state index contributed by atoms with van der Waals surface area (Å²) in [4.78, 5) is 12.1. The first kappa shape index (κ1) is 15.6. The lowest BCUT2D eigenvalue weighted by Crippen LogP contribution is -2.34. The Morgan fingerprint density at radius 3 is 2.90 bits per heavy atom. The second-order valence-corrected chi connectivity index (χ2v) is 6.23. The quantitative estimate of drug-likeness (QED) is 0.845. The number of carbonyl (C=O) groups is 1. The summed E-state index contributed by atoms with van der Waals surface area (Å²) in [6, 6.07) is 5.52. The number of benzene rings is 1. The van der Waals surface area contributed by atoms with Crippen molar-refractivity contribution in [3.05, 3.63) is 33.8 Å². The fourth-order valence-electron chi connectivity index (χ4n) is 2.45. The Bertz CT molecular complexity index is 493. The van der Waals surface area contributed by atoms with E-state index >= 15 is 0 Å². The highest BCUT2D eigenvalue weighted by molar-refractivity contribution is 6.35. The zero-order valence-corrected chi connectivity index (χ0v) is 12.9. The zero-order chi connectivity index (χ0) is 14.7. The van der Waals surface area contributed by atoms with E-state index in [4.69, 9.17) is 28.3 Å². The Balaban J connectivity index is 1.89. The average Bonchev–Trinajstić information content (AvgIpc) is 3.16. The summed E-state index contributed by atoms with van der Waals surface area (Å²) < 4.78 is 0. The van der Waals surface area contributed by atoms with Crippen LogP contribution in [0, 0.1) is 5.92 Å². The number of halogens is 2. The standard InChI is InChI=1S/C15H19Cl2NO2/c1-9(3-2-6-19)18-15(20)13-8-12(13)11-5-4-10(16)7-14(11)17/h4-5,7,9,12-13,19H,2-3,6,8H2,1H3,(H,18,20). The molecule has 0 aliphatic heterocycles. The predicted molar refractivity (Wildman–Crippen MR) is 81.2 cm³/mol. The van der Waals surface area contributed by atoms with Crippen LogP contribution in [0.25, 0.3) is 0 Å². The van der Waals surface area contributed by atoms with E-state index in [2.05, 4.69) is 5.32 Å². The smallest absolute Gasteiger partial charge is 0.223 e. The summed E-state index contributed by atoms with van der Waals surface area (Å²) in [6.45, 7) is 2.12. The lowest BCUT2D eigenvalue weighted by molar-refractivity contribution is -0.123. The van der Waals surface area contributed by atoms with Crippen LogP contribution in [0.15, 0.2) is 18.2 Å². The van der Waals surface area contributed by atoms with E-state index in [-0.39, 0.29) is 30.4 Å². The van der Waals surface area contributed by atoms with Gasteiger partial charge < -0.3 is 10.4 Å². The van der Waals surface area contributed by atoms with Gasteiger partial charge in [-0.05, 0) is 49.8 Å². The van der Waals surface area contributed by atoms with Crippen molar-refractivity contribution in [1.82, 2.24) is 5.32 Å². The fraction of sp³-hybridized carbons (Fsp3) is 0.533. The molecule has 0 bridgehead atoms. The molecule has 1 aliphatic carbocycles. The van der Waals surface area contributed by atoms with Crippen molar-refractivity contribution < 1.29 is 9.90 Å². The maximum Gasteiger partial charge on any atom is 0.223 e. The minimum Gasteiger partial charge on any atom is -0.396 e. The SMILES string of the molecule is CC(CCCO)NC(=O)C1CC1c1ccc(Cl)cc1Cl. The summed E-state index contributed by atoms with van der Waals surface area (Å²) in [7, 11) is 0. The molecule has 2 N–H and O–H groups in total. The first-order valence-corrected chi connectivity index (χ1v) is 7.64. The Hall–Kier alpha value is -0.770. The van der Waals surface area contributed by atoms with Crippen LogP contribution in [0.3, 0.4) is 0 Å². The molecule has 110 valence electrons. The van der Waals surface area contributed by atoms with E-state index in [1.807, 2.05) is 13.0 Å². The molecular formula is C15H19Cl2NO2. The fourth-order valence-corrected chi connectivity index (χ4v) is 3.00. The van der Waals surface area contributed by atoms with Gasteiger partial charge in [0.1, 0.15) is 0 Å². The van der Waals surface area contributed by atoms with Gasteiger partial charge >= 0.3 is 0 Å². The molecule has 1 amide bonds. The van der Waals surface area contributed by atoms with E-state index in [9.17, 15) is 4.79 Å². The average molecular weight is 316 g/mol. The Kier molecular flexibility index (Phi) is 5.30. The molecule has 1 aromatic carbocycles. The lowest BCUT2D eigenvalue weighted by Gasteiger charge is -2.13. The largest absolute Gasteiger partial charge is 0.396 e. The lowest BCUT2D eigenvalue weighted by atomic mass is 10.1. The van der Waals surface area contributed by atoms with Crippen molar-refractivity contribution in [3.63, 3.8) is 0 Å². The van der Waals surface area contributed by atoms with Gasteiger partial charge in [0.25, 0.3) is 0 Å². The van der Waals surface area contributed by atoms with Crippen LogP contribution in [-0.4, -0.2) is 23.7 Å². The number of aliphatic hydroxyl groups is 1. The van der Waals surface area contributed by atoms with Crippen LogP contribution < -0.4 is 5.32 Å². The molecule has 2 rings (SSSR count). The minimum atomic E-state index is 0.00486. The molecular weight excluding hydrogens is 297 g/mol. The Labute approximate surface area is 129 Å². The molecule has 0 heterocycles. The zero-order valence-electron chi connectivity index (χ0n) is 11.4. The van der Waals surface area contributed by atoms with Gasteiger partial charge in [0.2, 0.25) is 5.91 Å². The van der Waals surface area contributed by atoms with Crippen molar-refractivity contribution in [2.75, 3.05) is 6.61 Å². The number of nitrogens with one attached hydrogen (secondary N) is 1.